The van der Waals surface area contributed by atoms with Crippen molar-refractivity contribution in [1.29, 1.82) is 0 Å². The second kappa shape index (κ2) is 7.12. The number of carbonyl (C=O) groups excluding carboxylic acids is 1. The third kappa shape index (κ3) is 3.82. The Morgan fingerprint density at radius 1 is 1.29 bits per heavy atom. The first-order valence-corrected chi connectivity index (χ1v) is 9.39. The van der Waals surface area contributed by atoms with Crippen LogP contribution in [0.15, 0.2) is 17.3 Å². The summed E-state index contributed by atoms with van der Waals surface area (Å²) in [6.45, 7) is 1.79. The van der Waals surface area contributed by atoms with Gasteiger partial charge in [0, 0.05) is 18.0 Å². The quantitative estimate of drug-likeness (QED) is 0.728. The molecule has 0 bridgehead atoms. The molecule has 0 unspecified atom stereocenters. The average Bonchev–Trinajstić information content (AvgIpc) is 3.28. The van der Waals surface area contributed by atoms with E-state index in [0.29, 0.717) is 31.8 Å². The van der Waals surface area contributed by atoms with Crippen molar-refractivity contribution in [3.05, 3.63) is 33.0 Å². The SMILES string of the molecule is C[C@@H](Sc1nnc(C2CC2)n1C)C(=O)Nc1c(Cl)cc(Cl)cc1Cl. The van der Waals surface area contributed by atoms with E-state index >= 15 is 0 Å². The summed E-state index contributed by atoms with van der Waals surface area (Å²) >= 11 is 19.4. The number of nitrogens with one attached hydrogen (secondary N) is 1. The van der Waals surface area contributed by atoms with Crippen LogP contribution in [0.4, 0.5) is 5.69 Å². The molecule has 1 aliphatic rings. The Morgan fingerprint density at radius 3 is 2.50 bits per heavy atom. The average molecular weight is 406 g/mol. The number of halogens is 3. The predicted octanol–water partition coefficient (Wildman–Crippen LogP) is 4.77. The summed E-state index contributed by atoms with van der Waals surface area (Å²) in [7, 11) is 1.92. The molecule has 0 spiro atoms. The molecule has 24 heavy (non-hydrogen) atoms. The standard InChI is InChI=1S/C15H15Cl3N4OS/c1-7(24-15-21-20-13(22(15)2)8-3-4-8)14(23)19-12-10(17)5-9(16)6-11(12)18/h5-8H,3-4H2,1-2H3,(H,19,23)/t7-/m1/s1. The van der Waals surface area contributed by atoms with Crippen LogP contribution in [0.5, 0.6) is 0 Å². The molecule has 1 amide bonds. The number of nitrogens with zero attached hydrogens (tertiary/aromatic N) is 3. The number of carbonyl (C=O) groups is 1. The zero-order valence-electron chi connectivity index (χ0n) is 13.0. The van der Waals surface area contributed by atoms with E-state index < -0.39 is 0 Å². The number of anilines is 1. The number of amides is 1. The van der Waals surface area contributed by atoms with Crippen LogP contribution in [-0.2, 0) is 11.8 Å². The smallest absolute Gasteiger partial charge is 0.237 e. The fourth-order valence-corrected chi connectivity index (χ4v) is 3.96. The van der Waals surface area contributed by atoms with Crippen LogP contribution in [0.3, 0.4) is 0 Å². The Hall–Kier alpha value is -0.950. The second-order valence-electron chi connectivity index (χ2n) is 5.67. The minimum atomic E-state index is -0.386. The van der Waals surface area contributed by atoms with Gasteiger partial charge in [0.05, 0.1) is 21.0 Å². The van der Waals surface area contributed by atoms with Crippen molar-refractivity contribution in [2.45, 2.75) is 36.1 Å². The van der Waals surface area contributed by atoms with Gasteiger partial charge >= 0.3 is 0 Å². The molecule has 9 heteroatoms. The fraction of sp³-hybridized carbons (Fsp3) is 0.400. The van der Waals surface area contributed by atoms with E-state index in [0.717, 1.165) is 18.7 Å². The summed E-state index contributed by atoms with van der Waals surface area (Å²) in [5.41, 5.74) is 0.358. The van der Waals surface area contributed by atoms with Gasteiger partial charge in [-0.1, -0.05) is 46.6 Å². The highest BCUT2D eigenvalue weighted by Gasteiger charge is 2.30. The van der Waals surface area contributed by atoms with Crippen molar-refractivity contribution in [1.82, 2.24) is 14.8 Å². The van der Waals surface area contributed by atoms with Crippen molar-refractivity contribution < 1.29 is 4.79 Å². The van der Waals surface area contributed by atoms with Crippen molar-refractivity contribution >= 4 is 58.2 Å². The van der Waals surface area contributed by atoms with Crippen molar-refractivity contribution in [2.24, 2.45) is 7.05 Å². The molecule has 0 saturated heterocycles. The number of aromatic nitrogens is 3. The van der Waals surface area contributed by atoms with Crippen molar-refractivity contribution in [3.8, 4) is 0 Å². The van der Waals surface area contributed by atoms with Crippen LogP contribution < -0.4 is 5.32 Å². The lowest BCUT2D eigenvalue weighted by Gasteiger charge is -2.14. The summed E-state index contributed by atoms with van der Waals surface area (Å²) in [6, 6.07) is 3.07. The maximum absolute atomic E-state index is 12.4. The van der Waals surface area contributed by atoms with E-state index in [2.05, 4.69) is 15.5 Å². The number of benzene rings is 1. The van der Waals surface area contributed by atoms with Gasteiger partial charge in [0.25, 0.3) is 0 Å². The van der Waals surface area contributed by atoms with Crippen LogP contribution in [-0.4, -0.2) is 25.9 Å². The third-order valence-electron chi connectivity index (χ3n) is 3.72. The Morgan fingerprint density at radius 2 is 1.92 bits per heavy atom. The fourth-order valence-electron chi connectivity index (χ4n) is 2.22. The Labute approximate surface area is 159 Å². The summed E-state index contributed by atoms with van der Waals surface area (Å²) in [6.07, 6.45) is 2.31. The zero-order chi connectivity index (χ0) is 17.4. The van der Waals surface area contributed by atoms with Crippen molar-refractivity contribution in [3.63, 3.8) is 0 Å². The zero-order valence-corrected chi connectivity index (χ0v) is 16.1. The minimum Gasteiger partial charge on any atom is -0.323 e. The summed E-state index contributed by atoms with van der Waals surface area (Å²) in [5, 5.41) is 12.5. The van der Waals surface area contributed by atoms with Gasteiger partial charge in [-0.3, -0.25) is 4.79 Å². The number of rotatable bonds is 5. The number of hydrogen-bond acceptors (Lipinski definition) is 4. The Balaban J connectivity index is 1.69. The van der Waals surface area contributed by atoms with Crippen molar-refractivity contribution in [2.75, 3.05) is 5.32 Å². The van der Waals surface area contributed by atoms with Gasteiger partial charge in [-0.05, 0) is 31.9 Å². The largest absolute Gasteiger partial charge is 0.323 e. The van der Waals surface area contributed by atoms with Crippen LogP contribution >= 0.6 is 46.6 Å². The summed E-state index contributed by atoms with van der Waals surface area (Å²) in [4.78, 5) is 12.4. The molecule has 128 valence electrons. The second-order valence-corrected chi connectivity index (χ2v) is 8.23. The summed E-state index contributed by atoms with van der Waals surface area (Å²) in [5.74, 6) is 1.27. The van der Waals surface area contributed by atoms with Crippen LogP contribution in [0.1, 0.15) is 31.5 Å². The molecule has 1 fully saturated rings. The molecule has 3 rings (SSSR count). The van der Waals surface area contributed by atoms with Gasteiger partial charge in [0.15, 0.2) is 5.16 Å². The number of thioether (sulfide) groups is 1. The lowest BCUT2D eigenvalue weighted by Crippen LogP contribution is -2.23. The molecule has 2 aromatic rings. The molecule has 1 heterocycles. The van der Waals surface area contributed by atoms with E-state index in [1.807, 2.05) is 11.6 Å². The first kappa shape index (κ1) is 17.9. The monoisotopic (exact) mass is 404 g/mol. The van der Waals surface area contributed by atoms with E-state index in [4.69, 9.17) is 34.8 Å². The minimum absolute atomic E-state index is 0.220. The van der Waals surface area contributed by atoms with Crippen LogP contribution in [0.2, 0.25) is 15.1 Å². The lowest BCUT2D eigenvalue weighted by atomic mass is 10.3. The maximum atomic E-state index is 12.4. The maximum Gasteiger partial charge on any atom is 0.237 e. The first-order chi connectivity index (χ1) is 11.4. The Kier molecular flexibility index (Phi) is 5.30. The molecule has 1 N–H and O–H groups in total. The highest BCUT2D eigenvalue weighted by atomic mass is 35.5. The van der Waals surface area contributed by atoms with Crippen LogP contribution in [0.25, 0.3) is 0 Å². The third-order valence-corrected chi connectivity index (χ3v) is 5.67. The van der Waals surface area contributed by atoms with E-state index in [-0.39, 0.29) is 11.2 Å². The van der Waals surface area contributed by atoms with E-state index in [9.17, 15) is 4.79 Å². The Bertz CT molecular complexity index is 768. The highest BCUT2D eigenvalue weighted by Crippen LogP contribution is 2.40. The van der Waals surface area contributed by atoms with Gasteiger partial charge in [-0.15, -0.1) is 10.2 Å². The van der Waals surface area contributed by atoms with Gasteiger partial charge in [-0.2, -0.15) is 0 Å². The van der Waals surface area contributed by atoms with Gasteiger partial charge in [0.2, 0.25) is 5.91 Å². The topological polar surface area (TPSA) is 59.8 Å². The molecular weight excluding hydrogens is 391 g/mol. The van der Waals surface area contributed by atoms with Crippen LogP contribution in [0, 0.1) is 0 Å². The molecule has 1 atom stereocenters. The molecular formula is C15H15Cl3N4OS. The first-order valence-electron chi connectivity index (χ1n) is 7.38. The number of hydrogen-bond donors (Lipinski definition) is 1. The molecule has 1 aromatic carbocycles. The normalized spacial score (nSPS) is 15.4. The van der Waals surface area contributed by atoms with Gasteiger partial charge < -0.3 is 9.88 Å². The summed E-state index contributed by atoms with van der Waals surface area (Å²) < 4.78 is 1.95. The highest BCUT2D eigenvalue weighted by molar-refractivity contribution is 8.00. The molecule has 1 aliphatic carbocycles. The molecule has 5 nitrogen and oxygen atoms in total. The molecule has 0 aliphatic heterocycles. The molecule has 0 radical (unpaired) electrons. The lowest BCUT2D eigenvalue weighted by molar-refractivity contribution is -0.115. The van der Waals surface area contributed by atoms with E-state index in [1.165, 1.54) is 23.9 Å². The molecule has 1 aromatic heterocycles. The molecule has 1 saturated carbocycles. The van der Waals surface area contributed by atoms with Gasteiger partial charge in [-0.25, -0.2) is 0 Å². The van der Waals surface area contributed by atoms with E-state index in [1.54, 1.807) is 6.92 Å². The van der Waals surface area contributed by atoms with Gasteiger partial charge in [0.1, 0.15) is 5.82 Å². The predicted molar refractivity (Wildman–Crippen MR) is 98.4 cm³/mol.